The van der Waals surface area contributed by atoms with Crippen LogP contribution < -0.4 is 15.4 Å². The van der Waals surface area contributed by atoms with Crippen LogP contribution in [0.1, 0.15) is 13.3 Å². The van der Waals surface area contributed by atoms with E-state index in [1.54, 1.807) is 36.4 Å². The van der Waals surface area contributed by atoms with E-state index in [1.807, 2.05) is 6.92 Å². The maximum absolute atomic E-state index is 14.9. The topological polar surface area (TPSA) is 129 Å². The number of likely N-dealkylation sites (N-methyl/N-ethyl adjacent to an activating group) is 1. The summed E-state index contributed by atoms with van der Waals surface area (Å²) in [5, 5.41) is 10.9. The number of fused-ring (bicyclic) bond motifs is 1. The lowest BCUT2D eigenvalue weighted by Gasteiger charge is -2.36. The molecule has 12 nitrogen and oxygen atoms in total. The number of H-pyrrole nitrogens is 1. The number of rotatable bonds is 8. The molecular weight excluding hydrogens is 491 g/mol. The van der Waals surface area contributed by atoms with E-state index in [9.17, 15) is 9.18 Å². The molecule has 1 unspecified atom stereocenters. The van der Waals surface area contributed by atoms with Gasteiger partial charge in [-0.2, -0.15) is 0 Å². The van der Waals surface area contributed by atoms with Gasteiger partial charge in [-0.05, 0) is 19.5 Å². The lowest BCUT2D eigenvalue weighted by molar-refractivity contribution is -0.122. The molecule has 13 heteroatoms. The summed E-state index contributed by atoms with van der Waals surface area (Å²) in [4.78, 5) is 33.7. The summed E-state index contributed by atoms with van der Waals surface area (Å²) < 4.78 is 21.8. The van der Waals surface area contributed by atoms with E-state index in [2.05, 4.69) is 52.5 Å². The molecule has 0 bridgehead atoms. The van der Waals surface area contributed by atoms with Gasteiger partial charge < -0.3 is 25.3 Å². The average molecular weight is 523 g/mol. The van der Waals surface area contributed by atoms with Gasteiger partial charge >= 0.3 is 0 Å². The van der Waals surface area contributed by atoms with E-state index in [1.165, 1.54) is 7.11 Å². The first kappa shape index (κ1) is 25.5. The van der Waals surface area contributed by atoms with Crippen molar-refractivity contribution >= 4 is 34.3 Å². The van der Waals surface area contributed by atoms with E-state index >= 15 is 0 Å². The summed E-state index contributed by atoms with van der Waals surface area (Å²) in [5.41, 5.74) is 1.76. The molecule has 4 aromatic heterocycles. The molecule has 4 aromatic rings. The van der Waals surface area contributed by atoms with Gasteiger partial charge in [0.1, 0.15) is 11.4 Å². The van der Waals surface area contributed by atoms with Gasteiger partial charge in [-0.25, -0.2) is 19.3 Å². The van der Waals surface area contributed by atoms with Crippen LogP contribution >= 0.6 is 0 Å². The Labute approximate surface area is 219 Å². The molecule has 5 heterocycles. The molecule has 1 saturated heterocycles. The second kappa shape index (κ2) is 10.7. The lowest BCUT2D eigenvalue weighted by atomic mass is 10.1. The second-order valence-corrected chi connectivity index (χ2v) is 9.28. The number of nitrogens with zero attached hydrogens (tertiary/aromatic N) is 7. The zero-order valence-corrected chi connectivity index (χ0v) is 21.8. The third-order valence-electron chi connectivity index (χ3n) is 6.75. The molecule has 0 radical (unpaired) electrons. The number of hydrogen-bond acceptors (Lipinski definition) is 9. The predicted octanol–water partition coefficient (Wildman–Crippen LogP) is 2.61. The smallest absolute Gasteiger partial charge is 0.256 e. The highest BCUT2D eigenvalue weighted by Crippen LogP contribution is 2.33. The van der Waals surface area contributed by atoms with E-state index < -0.39 is 5.82 Å². The largest absolute Gasteiger partial charge is 0.478 e. The predicted molar refractivity (Wildman–Crippen MR) is 142 cm³/mol. The first-order valence-electron chi connectivity index (χ1n) is 12.4. The van der Waals surface area contributed by atoms with Crippen molar-refractivity contribution in [1.82, 2.24) is 39.5 Å². The minimum Gasteiger partial charge on any atom is -0.478 e. The number of aromatic amines is 1. The van der Waals surface area contributed by atoms with Gasteiger partial charge in [0.25, 0.3) is 5.88 Å². The highest BCUT2D eigenvalue weighted by Gasteiger charge is 2.28. The number of pyridine rings is 1. The van der Waals surface area contributed by atoms with Crippen LogP contribution in [-0.4, -0.2) is 91.8 Å². The Bertz CT molecular complexity index is 1440. The quantitative estimate of drug-likeness (QED) is 0.320. The van der Waals surface area contributed by atoms with Gasteiger partial charge in [0.15, 0.2) is 11.6 Å². The summed E-state index contributed by atoms with van der Waals surface area (Å²) in [6.07, 6.45) is 6.75. The third-order valence-corrected chi connectivity index (χ3v) is 6.75. The summed E-state index contributed by atoms with van der Waals surface area (Å²) in [6, 6.07) is 1.50. The fraction of sp³-hybridized carbons (Fsp3) is 0.400. The molecule has 0 aromatic carbocycles. The summed E-state index contributed by atoms with van der Waals surface area (Å²) in [5.74, 6) is 0.237. The van der Waals surface area contributed by atoms with Crippen LogP contribution in [0.3, 0.4) is 0 Å². The summed E-state index contributed by atoms with van der Waals surface area (Å²) >= 11 is 0. The highest BCUT2D eigenvalue weighted by atomic mass is 19.1. The van der Waals surface area contributed by atoms with E-state index in [0.29, 0.717) is 40.3 Å². The number of carbonyl (C=O) groups excluding carboxylic acids is 1. The number of piperazine rings is 1. The molecule has 1 aliphatic rings. The van der Waals surface area contributed by atoms with Crippen molar-refractivity contribution in [2.45, 2.75) is 19.4 Å². The fourth-order valence-corrected chi connectivity index (χ4v) is 4.73. The van der Waals surface area contributed by atoms with Crippen LogP contribution in [0.15, 0.2) is 30.9 Å². The zero-order valence-electron chi connectivity index (χ0n) is 21.8. The molecule has 0 spiro atoms. The monoisotopic (exact) mass is 522 g/mol. The normalized spacial score (nSPS) is 15.5. The number of aromatic nitrogens is 6. The van der Waals surface area contributed by atoms with Crippen molar-refractivity contribution in [3.8, 4) is 17.1 Å². The second-order valence-electron chi connectivity index (χ2n) is 9.28. The Balaban J connectivity index is 1.41. The number of halogens is 1. The van der Waals surface area contributed by atoms with Gasteiger partial charge in [0, 0.05) is 56.6 Å². The Hall–Kier alpha value is -4.10. The SMILES string of the molecule is CCC(C(=O)Nc1nccc2c(-c3nc(Nc4cn(C)nc4OC)ncc3F)c[nH]c12)N1CCN(C)CC1. The molecule has 3 N–H and O–H groups in total. The minimum absolute atomic E-state index is 0.101. The van der Waals surface area contributed by atoms with E-state index in [4.69, 9.17) is 4.74 Å². The van der Waals surface area contributed by atoms with Gasteiger partial charge in [-0.3, -0.25) is 14.4 Å². The molecule has 1 atom stereocenters. The van der Waals surface area contributed by atoms with Crippen LogP contribution in [0.4, 0.5) is 21.8 Å². The number of ether oxygens (including phenoxy) is 1. The molecule has 1 aliphatic heterocycles. The third kappa shape index (κ3) is 5.02. The number of nitrogens with one attached hydrogen (secondary N) is 3. The maximum atomic E-state index is 14.9. The van der Waals surface area contributed by atoms with Crippen molar-refractivity contribution in [2.24, 2.45) is 7.05 Å². The van der Waals surface area contributed by atoms with E-state index in [0.717, 1.165) is 32.4 Å². The summed E-state index contributed by atoms with van der Waals surface area (Å²) in [7, 11) is 5.35. The first-order chi connectivity index (χ1) is 18.4. The highest BCUT2D eigenvalue weighted by molar-refractivity contribution is 6.05. The standard InChI is InChI=1S/C25H31FN10O2/c1-5-19(36-10-8-34(2)9-11-36)23(37)32-22-21-15(6-7-27-22)16(12-28-21)20-17(26)13-29-25(31-20)30-18-14-35(3)33-24(18)38-4/h6-7,12-14,19,28H,5,8-11H2,1-4H3,(H,27,32,37)(H,29,30,31). The van der Waals surface area contributed by atoms with Crippen LogP contribution in [-0.2, 0) is 11.8 Å². The number of aryl methyl sites for hydroxylation is 1. The van der Waals surface area contributed by atoms with Crippen molar-refractivity contribution in [3.63, 3.8) is 0 Å². The zero-order chi connectivity index (χ0) is 26.8. The van der Waals surface area contributed by atoms with Crippen LogP contribution in [0.25, 0.3) is 22.2 Å². The van der Waals surface area contributed by atoms with Crippen LogP contribution in [0, 0.1) is 5.82 Å². The number of amides is 1. The van der Waals surface area contributed by atoms with Gasteiger partial charge in [0.2, 0.25) is 11.9 Å². The fourth-order valence-electron chi connectivity index (χ4n) is 4.73. The number of carbonyl (C=O) groups is 1. The molecular formula is C25H31FN10O2. The van der Waals surface area contributed by atoms with Crippen molar-refractivity contribution in [3.05, 3.63) is 36.7 Å². The minimum atomic E-state index is -0.585. The lowest BCUT2D eigenvalue weighted by Crippen LogP contribution is -2.52. The Morgan fingerprint density at radius 1 is 1.24 bits per heavy atom. The van der Waals surface area contributed by atoms with Gasteiger partial charge in [-0.1, -0.05) is 6.92 Å². The Morgan fingerprint density at radius 2 is 2.03 bits per heavy atom. The molecule has 0 saturated carbocycles. The van der Waals surface area contributed by atoms with Gasteiger partial charge in [-0.15, -0.1) is 5.10 Å². The summed E-state index contributed by atoms with van der Waals surface area (Å²) in [6.45, 7) is 5.52. The van der Waals surface area contributed by atoms with Crippen molar-refractivity contribution in [1.29, 1.82) is 0 Å². The van der Waals surface area contributed by atoms with Crippen LogP contribution in [0.2, 0.25) is 0 Å². The molecule has 0 aliphatic carbocycles. The molecule has 200 valence electrons. The first-order valence-corrected chi connectivity index (χ1v) is 12.4. The molecule has 5 rings (SSSR count). The number of hydrogen-bond donors (Lipinski definition) is 3. The van der Waals surface area contributed by atoms with Crippen molar-refractivity contribution in [2.75, 3.05) is 51.0 Å². The van der Waals surface area contributed by atoms with E-state index in [-0.39, 0.29) is 23.6 Å². The molecule has 38 heavy (non-hydrogen) atoms. The Kier molecular flexibility index (Phi) is 7.20. The molecule has 1 fully saturated rings. The number of anilines is 3. The van der Waals surface area contributed by atoms with Crippen LogP contribution in [0.5, 0.6) is 5.88 Å². The maximum Gasteiger partial charge on any atom is 0.256 e. The van der Waals surface area contributed by atoms with Gasteiger partial charge in [0.05, 0.1) is 31.1 Å². The van der Waals surface area contributed by atoms with Crippen molar-refractivity contribution < 1.29 is 13.9 Å². The number of methoxy groups -OCH3 is 1. The molecule has 1 amide bonds. The average Bonchev–Trinajstić information content (AvgIpc) is 3.50. The Morgan fingerprint density at radius 3 is 2.76 bits per heavy atom.